The Labute approximate surface area is 140 Å². The number of carbonyl (C=O) groups excluding carboxylic acids is 1. The lowest BCUT2D eigenvalue weighted by molar-refractivity contribution is 0.205. The molecule has 1 N–H and O–H groups in total. The van der Waals surface area contributed by atoms with Crippen molar-refractivity contribution >= 4 is 22.5 Å². The van der Waals surface area contributed by atoms with Gasteiger partial charge < -0.3 is 14.8 Å². The third-order valence-electron chi connectivity index (χ3n) is 4.76. The molecule has 0 unspecified atom stereocenters. The molecule has 1 aliphatic rings. The van der Waals surface area contributed by atoms with Crippen LogP contribution in [0.15, 0.2) is 55.0 Å². The largest absolute Gasteiger partial charge is 0.353 e. The predicted molar refractivity (Wildman–Crippen MR) is 94.9 cm³/mol. The lowest BCUT2D eigenvalue weighted by atomic mass is 10.1. The Kier molecular flexibility index (Phi) is 3.69. The molecule has 1 aromatic carbocycles. The van der Waals surface area contributed by atoms with Crippen molar-refractivity contribution in [1.82, 2.24) is 14.5 Å². The molecule has 0 spiro atoms. The Bertz CT molecular complexity index is 880. The molecule has 3 heterocycles. The average Bonchev–Trinajstić information content (AvgIpc) is 3.23. The fraction of sp³-hybridized carbons (Fsp3) is 0.263. The van der Waals surface area contributed by atoms with Gasteiger partial charge >= 0.3 is 6.03 Å². The molecule has 4 rings (SSSR count). The van der Waals surface area contributed by atoms with Crippen molar-refractivity contribution < 1.29 is 4.79 Å². The second-order valence-corrected chi connectivity index (χ2v) is 6.23. The summed E-state index contributed by atoms with van der Waals surface area (Å²) < 4.78 is 2.10. The first-order valence-corrected chi connectivity index (χ1v) is 8.25. The second-order valence-electron chi connectivity index (χ2n) is 6.23. The average molecular weight is 320 g/mol. The maximum Gasteiger partial charge on any atom is 0.322 e. The Morgan fingerprint density at radius 3 is 3.00 bits per heavy atom. The smallest absolute Gasteiger partial charge is 0.322 e. The van der Waals surface area contributed by atoms with Gasteiger partial charge in [0.2, 0.25) is 0 Å². The van der Waals surface area contributed by atoms with Gasteiger partial charge in [0.1, 0.15) is 0 Å². The number of nitrogens with one attached hydrogen (secondary N) is 1. The Hall–Kier alpha value is -2.82. The number of anilines is 1. The molecule has 0 radical (unpaired) electrons. The summed E-state index contributed by atoms with van der Waals surface area (Å²) >= 11 is 0. The zero-order chi connectivity index (χ0) is 16.5. The van der Waals surface area contributed by atoms with Crippen molar-refractivity contribution in [3.8, 4) is 0 Å². The van der Waals surface area contributed by atoms with Crippen molar-refractivity contribution in [3.05, 3.63) is 60.7 Å². The summed E-state index contributed by atoms with van der Waals surface area (Å²) in [5.41, 5.74) is 2.02. The number of hydrogen-bond donors (Lipinski definition) is 1. The Balaban J connectivity index is 1.60. The van der Waals surface area contributed by atoms with Gasteiger partial charge in [-0.1, -0.05) is 12.1 Å². The highest BCUT2D eigenvalue weighted by atomic mass is 16.2. The summed E-state index contributed by atoms with van der Waals surface area (Å²) in [6.07, 6.45) is 7.63. The molecular weight excluding hydrogens is 300 g/mol. The van der Waals surface area contributed by atoms with Gasteiger partial charge in [0.25, 0.3) is 0 Å². The van der Waals surface area contributed by atoms with Crippen LogP contribution in [0.5, 0.6) is 0 Å². The van der Waals surface area contributed by atoms with E-state index in [-0.39, 0.29) is 12.1 Å². The number of likely N-dealkylation sites (tertiary alicyclic amines) is 1. The van der Waals surface area contributed by atoms with Crippen LogP contribution in [0.3, 0.4) is 0 Å². The predicted octanol–water partition coefficient (Wildman–Crippen LogP) is 3.94. The minimum Gasteiger partial charge on any atom is -0.353 e. The van der Waals surface area contributed by atoms with Gasteiger partial charge in [-0.05, 0) is 37.1 Å². The zero-order valence-electron chi connectivity index (χ0n) is 13.6. The maximum absolute atomic E-state index is 12.9. The van der Waals surface area contributed by atoms with Gasteiger partial charge in [-0.25, -0.2) is 4.79 Å². The van der Waals surface area contributed by atoms with Crippen molar-refractivity contribution in [2.45, 2.75) is 18.9 Å². The van der Waals surface area contributed by atoms with E-state index in [1.54, 1.807) is 6.20 Å². The highest BCUT2D eigenvalue weighted by molar-refractivity contribution is 6.01. The van der Waals surface area contributed by atoms with E-state index in [1.165, 1.54) is 5.69 Å². The van der Waals surface area contributed by atoms with Crippen molar-refractivity contribution in [2.24, 2.45) is 7.05 Å². The molecular formula is C19H20N4O. The molecule has 1 fully saturated rings. The highest BCUT2D eigenvalue weighted by Gasteiger charge is 2.31. The second kappa shape index (κ2) is 6.00. The number of fused-ring (bicyclic) bond motifs is 1. The summed E-state index contributed by atoms with van der Waals surface area (Å²) in [5.74, 6) is 0. The van der Waals surface area contributed by atoms with Crippen LogP contribution >= 0.6 is 0 Å². The van der Waals surface area contributed by atoms with Crippen LogP contribution < -0.4 is 5.32 Å². The van der Waals surface area contributed by atoms with E-state index < -0.39 is 0 Å². The summed E-state index contributed by atoms with van der Waals surface area (Å²) in [7, 11) is 2.03. The third-order valence-corrected chi connectivity index (χ3v) is 4.76. The molecule has 122 valence electrons. The van der Waals surface area contributed by atoms with Gasteiger partial charge in [0, 0.05) is 48.6 Å². The van der Waals surface area contributed by atoms with E-state index in [9.17, 15) is 4.79 Å². The number of aryl methyl sites for hydroxylation is 1. The molecule has 0 aliphatic carbocycles. The summed E-state index contributed by atoms with van der Waals surface area (Å²) in [6.45, 7) is 0.786. The molecule has 24 heavy (non-hydrogen) atoms. The minimum atomic E-state index is -0.0389. The van der Waals surface area contributed by atoms with Crippen LogP contribution in [-0.2, 0) is 7.05 Å². The quantitative estimate of drug-likeness (QED) is 0.777. The SMILES string of the molecule is Cn1cccc1[C@H]1CCCN1C(=O)Nc1cccc2cnccc12. The van der Waals surface area contributed by atoms with Gasteiger partial charge in [0.15, 0.2) is 0 Å². The third kappa shape index (κ3) is 2.52. The summed E-state index contributed by atoms with van der Waals surface area (Å²) in [5, 5.41) is 5.12. The molecule has 0 saturated carbocycles. The molecule has 1 saturated heterocycles. The lowest BCUT2D eigenvalue weighted by Crippen LogP contribution is -2.35. The number of hydrogen-bond acceptors (Lipinski definition) is 2. The van der Waals surface area contributed by atoms with Gasteiger partial charge in [-0.3, -0.25) is 4.98 Å². The van der Waals surface area contributed by atoms with Crippen LogP contribution in [0.1, 0.15) is 24.6 Å². The van der Waals surface area contributed by atoms with Gasteiger partial charge in [-0.2, -0.15) is 0 Å². The number of nitrogens with zero attached hydrogens (tertiary/aromatic N) is 3. The van der Waals surface area contributed by atoms with Crippen molar-refractivity contribution in [2.75, 3.05) is 11.9 Å². The van der Waals surface area contributed by atoms with E-state index in [2.05, 4.69) is 20.9 Å². The number of pyridine rings is 1. The number of benzene rings is 1. The van der Waals surface area contributed by atoms with Crippen LogP contribution in [0.25, 0.3) is 10.8 Å². The Morgan fingerprint density at radius 2 is 2.17 bits per heavy atom. The highest BCUT2D eigenvalue weighted by Crippen LogP contribution is 2.33. The van der Waals surface area contributed by atoms with E-state index in [4.69, 9.17) is 0 Å². The number of rotatable bonds is 2. The van der Waals surface area contributed by atoms with E-state index in [0.717, 1.165) is 35.8 Å². The zero-order valence-corrected chi connectivity index (χ0v) is 13.6. The topological polar surface area (TPSA) is 50.2 Å². The Morgan fingerprint density at radius 1 is 1.25 bits per heavy atom. The number of carbonyl (C=O) groups is 1. The number of aromatic nitrogens is 2. The number of urea groups is 1. The summed E-state index contributed by atoms with van der Waals surface area (Å²) in [4.78, 5) is 18.9. The first-order chi connectivity index (χ1) is 11.7. The lowest BCUT2D eigenvalue weighted by Gasteiger charge is -2.26. The monoisotopic (exact) mass is 320 g/mol. The first kappa shape index (κ1) is 14.8. The fourth-order valence-electron chi connectivity index (χ4n) is 3.56. The van der Waals surface area contributed by atoms with Gasteiger partial charge in [0.05, 0.1) is 11.7 Å². The van der Waals surface area contributed by atoms with Gasteiger partial charge in [-0.15, -0.1) is 0 Å². The van der Waals surface area contributed by atoms with Crippen LogP contribution in [0, 0.1) is 0 Å². The summed E-state index contributed by atoms with van der Waals surface area (Å²) in [6, 6.07) is 12.0. The molecule has 3 aromatic rings. The maximum atomic E-state index is 12.9. The van der Waals surface area contributed by atoms with E-state index in [1.807, 2.05) is 54.7 Å². The van der Waals surface area contributed by atoms with E-state index in [0.29, 0.717) is 0 Å². The van der Waals surface area contributed by atoms with Crippen molar-refractivity contribution in [1.29, 1.82) is 0 Å². The van der Waals surface area contributed by atoms with Crippen molar-refractivity contribution in [3.63, 3.8) is 0 Å². The molecule has 5 nitrogen and oxygen atoms in total. The number of amides is 2. The molecule has 2 amide bonds. The standard InChI is InChI=1S/C19H20N4O/c1-22-11-3-7-17(22)18-8-4-12-23(18)19(24)21-16-6-2-5-14-13-20-10-9-15(14)16/h2-3,5-7,9-11,13,18H,4,8,12H2,1H3,(H,21,24)/t18-/m1/s1. The van der Waals surface area contributed by atoms with Crippen LogP contribution in [0.2, 0.25) is 0 Å². The molecule has 5 heteroatoms. The molecule has 1 aliphatic heterocycles. The molecule has 2 aromatic heterocycles. The normalized spacial score (nSPS) is 17.4. The first-order valence-electron chi connectivity index (χ1n) is 8.25. The fourth-order valence-corrected chi connectivity index (χ4v) is 3.56. The minimum absolute atomic E-state index is 0.0389. The van der Waals surface area contributed by atoms with E-state index >= 15 is 0 Å². The molecule has 0 bridgehead atoms. The van der Waals surface area contributed by atoms with Crippen LogP contribution in [0.4, 0.5) is 10.5 Å². The van der Waals surface area contributed by atoms with Crippen LogP contribution in [-0.4, -0.2) is 27.0 Å². The molecule has 1 atom stereocenters.